The van der Waals surface area contributed by atoms with Gasteiger partial charge in [-0.25, -0.2) is 9.69 Å². The second-order valence-corrected chi connectivity index (χ2v) is 4.80. The van der Waals surface area contributed by atoms with E-state index >= 15 is 0 Å². The summed E-state index contributed by atoms with van der Waals surface area (Å²) in [6.45, 7) is 14.4. The minimum absolute atomic E-state index is 0. The van der Waals surface area contributed by atoms with Gasteiger partial charge in [0.25, 0.3) is 5.97 Å². The molecular formula is C14H11BrN8O2Zn. The van der Waals surface area contributed by atoms with Crippen molar-refractivity contribution < 1.29 is 29.4 Å². The molecule has 2 rings (SSSR count). The van der Waals surface area contributed by atoms with E-state index in [2.05, 4.69) is 35.6 Å². The van der Waals surface area contributed by atoms with Gasteiger partial charge in [0.2, 0.25) is 11.4 Å². The zero-order chi connectivity index (χ0) is 19.6. The summed E-state index contributed by atoms with van der Waals surface area (Å²) in [7, 11) is 0. The molecular weight excluding hydrogens is 458 g/mol. The van der Waals surface area contributed by atoms with Crippen molar-refractivity contribution in [3.8, 4) is 12.1 Å². The van der Waals surface area contributed by atoms with Crippen molar-refractivity contribution in [2.45, 2.75) is 6.92 Å². The standard InChI is InChI=1S/C6H3BrN4.C6H4N4.C2H4O2.Zn/c1-10-4-3(2-8)5(7)11-6(4)9;1-9-5-4(2-7)3-10-6(5)8;1-2(3)4;/h11H,9H2;3,10H,8H2;1H3,(H,3,4);. The van der Waals surface area contributed by atoms with Gasteiger partial charge in [0.05, 0.1) is 41.0 Å². The van der Waals surface area contributed by atoms with Gasteiger partial charge in [0.15, 0.2) is 0 Å². The third-order valence-electron chi connectivity index (χ3n) is 2.29. The van der Waals surface area contributed by atoms with Crippen LogP contribution in [0.15, 0.2) is 10.8 Å². The predicted molar refractivity (Wildman–Crippen MR) is 93.4 cm³/mol. The maximum absolute atomic E-state index is 9.00. The van der Waals surface area contributed by atoms with Crippen LogP contribution < -0.4 is 11.5 Å². The summed E-state index contributed by atoms with van der Waals surface area (Å²) in [6.07, 6.45) is 1.42. The Morgan fingerprint density at radius 1 is 1.23 bits per heavy atom. The molecule has 26 heavy (non-hydrogen) atoms. The van der Waals surface area contributed by atoms with Gasteiger partial charge in [0, 0.05) is 32.6 Å². The van der Waals surface area contributed by atoms with Crippen LogP contribution in [0.3, 0.4) is 0 Å². The zero-order valence-electron chi connectivity index (χ0n) is 13.5. The first-order valence-electron chi connectivity index (χ1n) is 6.11. The molecule has 0 radical (unpaired) electrons. The van der Waals surface area contributed by atoms with Crippen molar-refractivity contribution in [2.75, 3.05) is 11.5 Å². The van der Waals surface area contributed by atoms with Gasteiger partial charge in [-0.3, -0.25) is 4.79 Å². The number of aliphatic carboxylic acids is 1. The molecule has 2 heterocycles. The molecule has 10 nitrogen and oxygen atoms in total. The van der Waals surface area contributed by atoms with Crippen molar-refractivity contribution in [3.05, 3.63) is 44.8 Å². The smallest absolute Gasteiger partial charge is 0.300 e. The van der Waals surface area contributed by atoms with Crippen LogP contribution in [0.1, 0.15) is 18.1 Å². The van der Waals surface area contributed by atoms with Crippen LogP contribution in [0, 0.1) is 35.8 Å². The molecule has 0 fully saturated rings. The largest absolute Gasteiger partial charge is 0.481 e. The van der Waals surface area contributed by atoms with Gasteiger partial charge in [-0.15, -0.1) is 0 Å². The van der Waals surface area contributed by atoms with Crippen LogP contribution in [0.5, 0.6) is 0 Å². The summed E-state index contributed by atoms with van der Waals surface area (Å²) in [5.41, 5.74) is 11.6. The first kappa shape index (κ1) is 24.9. The molecule has 0 aliphatic carbocycles. The molecule has 7 N–H and O–H groups in total. The number of nitrogens with zero attached hydrogens (tertiary/aromatic N) is 4. The number of carboxylic acids is 1. The number of aromatic amines is 2. The number of anilines is 2. The number of nitrogen functional groups attached to an aromatic ring is 2. The van der Waals surface area contributed by atoms with E-state index in [9.17, 15) is 0 Å². The van der Waals surface area contributed by atoms with Gasteiger partial charge in [-0.05, 0) is 15.9 Å². The molecule has 12 heteroatoms. The van der Waals surface area contributed by atoms with Crippen molar-refractivity contribution in [2.24, 2.45) is 0 Å². The van der Waals surface area contributed by atoms with Gasteiger partial charge in [0.1, 0.15) is 11.6 Å². The number of rotatable bonds is 0. The second-order valence-electron chi connectivity index (χ2n) is 4.01. The number of hydrogen-bond donors (Lipinski definition) is 5. The first-order chi connectivity index (χ1) is 11.7. The van der Waals surface area contributed by atoms with Gasteiger partial charge in [-0.2, -0.15) is 10.5 Å². The summed E-state index contributed by atoms with van der Waals surface area (Å²) < 4.78 is 0.462. The van der Waals surface area contributed by atoms with Crippen LogP contribution in [0.2, 0.25) is 0 Å². The molecule has 0 spiro atoms. The molecule has 0 saturated carbocycles. The molecule has 128 valence electrons. The van der Waals surface area contributed by atoms with Crippen LogP contribution in [-0.4, -0.2) is 21.0 Å². The molecule has 0 unspecified atom stereocenters. The van der Waals surface area contributed by atoms with E-state index in [1.54, 1.807) is 0 Å². The summed E-state index contributed by atoms with van der Waals surface area (Å²) in [4.78, 5) is 20.4. The van der Waals surface area contributed by atoms with Gasteiger partial charge >= 0.3 is 0 Å². The average molecular weight is 469 g/mol. The minimum Gasteiger partial charge on any atom is -0.481 e. The maximum atomic E-state index is 9.00. The second kappa shape index (κ2) is 12.1. The zero-order valence-corrected chi connectivity index (χ0v) is 18.0. The fourth-order valence-electron chi connectivity index (χ4n) is 1.33. The number of nitrogens with one attached hydrogen (secondary N) is 2. The molecule has 0 amide bonds. The van der Waals surface area contributed by atoms with Crippen molar-refractivity contribution in [1.29, 1.82) is 10.5 Å². The van der Waals surface area contributed by atoms with Crippen molar-refractivity contribution >= 4 is 44.9 Å². The SMILES string of the molecule is CC(=O)O.[C-]#[N+]c1c(C#N)c[nH]c1N.[C-]#[N+]c1c(N)[nH]c(Br)c1C#N.[Zn]. The van der Waals surface area contributed by atoms with Crippen molar-refractivity contribution in [3.63, 3.8) is 0 Å². The maximum Gasteiger partial charge on any atom is 0.300 e. The predicted octanol–water partition coefficient (Wildman–Crippen LogP) is 2.89. The summed E-state index contributed by atoms with van der Waals surface area (Å²) in [5.74, 6) is -0.352. The topological polar surface area (TPSA) is 177 Å². The van der Waals surface area contributed by atoms with Gasteiger partial charge in [-0.1, -0.05) is 0 Å². The molecule has 0 aromatic carbocycles. The third kappa shape index (κ3) is 7.07. The summed E-state index contributed by atoms with van der Waals surface area (Å²) >= 11 is 3.07. The third-order valence-corrected chi connectivity index (χ3v) is 2.89. The number of halogens is 1. The number of nitrogens with two attached hydrogens (primary N) is 2. The van der Waals surface area contributed by atoms with Crippen LogP contribution in [0.4, 0.5) is 23.0 Å². The Balaban J connectivity index is 0. The Labute approximate surface area is 169 Å². The normalized spacial score (nSPS) is 7.77. The van der Waals surface area contributed by atoms with E-state index in [1.165, 1.54) is 6.20 Å². The first-order valence-corrected chi connectivity index (χ1v) is 6.91. The summed E-state index contributed by atoms with van der Waals surface area (Å²) in [5, 5.41) is 24.4. The fourth-order valence-corrected chi connectivity index (χ4v) is 1.82. The number of H-pyrrole nitrogens is 2. The number of carbonyl (C=O) groups is 1. The van der Waals surface area contributed by atoms with Gasteiger partial charge < -0.3 is 26.5 Å². The van der Waals surface area contributed by atoms with E-state index < -0.39 is 5.97 Å². The Kier molecular flexibility index (Phi) is 11.6. The van der Waals surface area contributed by atoms with E-state index in [1.807, 2.05) is 12.1 Å². The quantitative estimate of drug-likeness (QED) is 0.293. The van der Waals surface area contributed by atoms with Crippen LogP contribution in [0.25, 0.3) is 9.69 Å². The Morgan fingerprint density at radius 2 is 1.73 bits per heavy atom. The monoisotopic (exact) mass is 466 g/mol. The number of aromatic nitrogens is 2. The number of nitriles is 2. The van der Waals surface area contributed by atoms with Crippen LogP contribution in [-0.2, 0) is 24.3 Å². The summed E-state index contributed by atoms with van der Waals surface area (Å²) in [6, 6.07) is 3.71. The Morgan fingerprint density at radius 3 is 2.04 bits per heavy atom. The molecule has 2 aromatic heterocycles. The molecule has 0 aliphatic heterocycles. The van der Waals surface area contributed by atoms with Crippen molar-refractivity contribution in [1.82, 2.24) is 9.97 Å². The molecule has 0 bridgehead atoms. The van der Waals surface area contributed by atoms with E-state index in [-0.39, 0.29) is 48.1 Å². The fraction of sp³-hybridized carbons (Fsp3) is 0.0714. The Bertz CT molecular complexity index is 898. The number of carboxylic acid groups (broad SMARTS) is 1. The molecule has 0 aliphatic rings. The van der Waals surface area contributed by atoms with E-state index in [0.717, 1.165) is 6.92 Å². The minimum atomic E-state index is -0.833. The number of hydrogen-bond acceptors (Lipinski definition) is 5. The molecule has 2 aromatic rings. The van der Waals surface area contributed by atoms with E-state index in [4.69, 9.17) is 45.0 Å². The van der Waals surface area contributed by atoms with E-state index in [0.29, 0.717) is 10.2 Å². The molecule has 0 atom stereocenters. The Hall–Kier alpha value is -3.31. The van der Waals surface area contributed by atoms with Crippen LogP contribution >= 0.6 is 15.9 Å². The average Bonchev–Trinajstić information content (AvgIpc) is 3.04. The molecule has 0 saturated heterocycles.